The van der Waals surface area contributed by atoms with Crippen molar-refractivity contribution in [3.63, 3.8) is 0 Å². The molecule has 12 atom stereocenters. The molecule has 0 saturated carbocycles. The zero-order valence-electron chi connectivity index (χ0n) is 58.5. The molecule has 2 aliphatic heterocycles. The van der Waals surface area contributed by atoms with Crippen LogP contribution < -0.4 is 5.32 Å². The Balaban J connectivity index is 1.67. The van der Waals surface area contributed by atoms with E-state index >= 15 is 0 Å². The molecule has 14 heteroatoms. The fourth-order valence-corrected chi connectivity index (χ4v) is 11.8. The van der Waals surface area contributed by atoms with Gasteiger partial charge in [0.25, 0.3) is 0 Å². The minimum absolute atomic E-state index is 0.226. The van der Waals surface area contributed by atoms with E-state index in [1.165, 1.54) is 141 Å². The van der Waals surface area contributed by atoms with Crippen LogP contribution in [0.5, 0.6) is 0 Å². The van der Waals surface area contributed by atoms with Gasteiger partial charge in [-0.05, 0) is 83.5 Å². The lowest BCUT2D eigenvalue weighted by Gasteiger charge is -2.46. The summed E-state index contributed by atoms with van der Waals surface area (Å²) >= 11 is 0. The summed E-state index contributed by atoms with van der Waals surface area (Å²) in [6, 6.07) is -0.850. The molecule has 0 bridgehead atoms. The van der Waals surface area contributed by atoms with Crippen molar-refractivity contribution in [2.75, 3.05) is 19.8 Å². The van der Waals surface area contributed by atoms with Gasteiger partial charge in [0.1, 0.15) is 48.8 Å². The first-order chi connectivity index (χ1) is 45.6. The summed E-state index contributed by atoms with van der Waals surface area (Å²) in [6.07, 6.45) is 72.4. The molecular weight excluding hydrogens is 1170 g/mol. The van der Waals surface area contributed by atoms with E-state index in [1.54, 1.807) is 0 Å². The Hall–Kier alpha value is -3.35. The first-order valence-corrected chi connectivity index (χ1v) is 37.6. The van der Waals surface area contributed by atoms with Crippen molar-refractivity contribution < 1.29 is 64.6 Å². The van der Waals surface area contributed by atoms with Crippen LogP contribution in [0.2, 0.25) is 0 Å². The quantitative estimate of drug-likeness (QED) is 0.0204. The van der Waals surface area contributed by atoms with Crippen LogP contribution >= 0.6 is 0 Å². The lowest BCUT2D eigenvalue weighted by atomic mass is 9.97. The predicted octanol–water partition coefficient (Wildman–Crippen LogP) is 16.3. The van der Waals surface area contributed by atoms with E-state index in [2.05, 4.69) is 129 Å². The van der Waals surface area contributed by atoms with Crippen LogP contribution in [0.1, 0.15) is 290 Å². The van der Waals surface area contributed by atoms with Crippen LogP contribution in [0.15, 0.2) is 109 Å². The maximum Gasteiger partial charge on any atom is 0.220 e. The van der Waals surface area contributed by atoms with Gasteiger partial charge in [-0.25, -0.2) is 0 Å². The molecule has 9 N–H and O–H groups in total. The smallest absolute Gasteiger partial charge is 0.220 e. The summed E-state index contributed by atoms with van der Waals surface area (Å²) in [5.74, 6) is -0.226. The second-order valence-electron chi connectivity index (χ2n) is 26.0. The highest BCUT2D eigenvalue weighted by molar-refractivity contribution is 5.76. The third-order valence-electron chi connectivity index (χ3n) is 17.8. The van der Waals surface area contributed by atoms with E-state index in [0.29, 0.717) is 12.8 Å². The average molecular weight is 1310 g/mol. The Morgan fingerprint density at radius 2 is 0.742 bits per heavy atom. The van der Waals surface area contributed by atoms with Crippen LogP contribution in [0, 0.1) is 0 Å². The molecule has 2 aliphatic rings. The third-order valence-corrected chi connectivity index (χ3v) is 17.8. The average Bonchev–Trinajstić information content (AvgIpc) is 0.852. The fraction of sp³-hybridized carbons (Fsp3) is 0.759. The summed E-state index contributed by atoms with van der Waals surface area (Å²) in [6.45, 7) is 2.76. The van der Waals surface area contributed by atoms with Gasteiger partial charge in [-0.15, -0.1) is 0 Å². The number of rotatable bonds is 61. The van der Waals surface area contributed by atoms with Gasteiger partial charge in [0.2, 0.25) is 5.91 Å². The lowest BCUT2D eigenvalue weighted by molar-refractivity contribution is -0.359. The van der Waals surface area contributed by atoms with Crippen LogP contribution in [-0.2, 0) is 23.7 Å². The van der Waals surface area contributed by atoms with Gasteiger partial charge in [0.05, 0.1) is 32.0 Å². The SMILES string of the molecule is CC/C=C\C/C=C\C/C=C\C/C=C\C/C=C\C/C=C\C/C=C\C/C=C\C/C=C\CCCCCCCC(=O)NC(COC1OC(CO)C(OC2OC(CO)C(O)C(O)C2O)C(O)C1O)C(O)CCCCCCCCCCCCCCCCCCCCCCCCCCCC. The van der Waals surface area contributed by atoms with Crippen molar-refractivity contribution in [1.82, 2.24) is 5.32 Å². The minimum Gasteiger partial charge on any atom is -0.394 e. The molecule has 2 fully saturated rings. The number of unbranched alkanes of at least 4 members (excludes halogenated alkanes) is 30. The molecule has 2 rings (SSSR count). The maximum absolute atomic E-state index is 13.4. The van der Waals surface area contributed by atoms with E-state index < -0.39 is 86.8 Å². The monoisotopic (exact) mass is 1310 g/mol. The van der Waals surface area contributed by atoms with Crippen molar-refractivity contribution in [1.29, 1.82) is 0 Å². The molecule has 1 amide bonds. The largest absolute Gasteiger partial charge is 0.394 e. The number of carbonyl (C=O) groups is 1. The van der Waals surface area contributed by atoms with Gasteiger partial charge in [-0.2, -0.15) is 0 Å². The highest BCUT2D eigenvalue weighted by Gasteiger charge is 2.51. The van der Waals surface area contributed by atoms with Crippen LogP contribution in [-0.4, -0.2) is 140 Å². The Morgan fingerprint density at radius 1 is 0.398 bits per heavy atom. The molecule has 0 aliphatic carbocycles. The van der Waals surface area contributed by atoms with E-state index in [9.17, 15) is 45.6 Å². The van der Waals surface area contributed by atoms with Gasteiger partial charge >= 0.3 is 0 Å². The summed E-state index contributed by atoms with van der Waals surface area (Å²) in [5.41, 5.74) is 0. The van der Waals surface area contributed by atoms with Crippen LogP contribution in [0.3, 0.4) is 0 Å². The van der Waals surface area contributed by atoms with Gasteiger partial charge in [0, 0.05) is 6.42 Å². The normalized spacial score (nSPS) is 23.2. The number of amides is 1. The molecule has 0 radical (unpaired) electrons. The summed E-state index contributed by atoms with van der Waals surface area (Å²) < 4.78 is 22.9. The maximum atomic E-state index is 13.4. The standard InChI is InChI=1S/C79H137NO13/c1-3-5-7-9-11-13-15-17-19-21-23-25-27-29-31-32-33-34-35-36-37-39-41-43-45-47-49-51-53-55-57-59-61-63-71(84)80-67(66-90-78-76(89)74(87)77(70(65-82)92-78)93-79-75(88)73(86)72(85)69(64-81)91-79)68(83)62-60-58-56-54-52-50-48-46-44-42-40-38-30-28-26-24-22-20-18-16-14-12-10-8-6-4-2/h5,7,11,13,17,19,23,25,29,31,33-34,36-37,41,43,47,49,67-70,72-79,81-83,85-89H,3-4,6,8-10,12,14-16,18,20-22,24,26-28,30,32,35,38-40,42,44-46,48,50-66H2,1-2H3,(H,80,84)/b7-5-,13-11-,19-17-,25-23-,31-29-,34-33-,37-36-,43-41-,49-47-. The van der Waals surface area contributed by atoms with Gasteiger partial charge in [-0.3, -0.25) is 4.79 Å². The molecule has 0 spiro atoms. The van der Waals surface area contributed by atoms with Crippen LogP contribution in [0.4, 0.5) is 0 Å². The Labute approximate surface area is 566 Å². The second kappa shape index (κ2) is 62.2. The molecule has 2 saturated heterocycles. The summed E-state index contributed by atoms with van der Waals surface area (Å²) in [7, 11) is 0. The number of allylic oxidation sites excluding steroid dienone is 18. The Morgan fingerprint density at radius 3 is 1.14 bits per heavy atom. The van der Waals surface area contributed by atoms with Gasteiger partial charge < -0.3 is 65.1 Å². The number of aliphatic hydroxyl groups excluding tert-OH is 8. The molecule has 14 nitrogen and oxygen atoms in total. The van der Waals surface area contributed by atoms with E-state index in [4.69, 9.17) is 18.9 Å². The zero-order chi connectivity index (χ0) is 67.3. The Bertz CT molecular complexity index is 1980. The first kappa shape index (κ1) is 85.7. The number of hydrogen-bond acceptors (Lipinski definition) is 13. The van der Waals surface area contributed by atoms with Gasteiger partial charge in [0.15, 0.2) is 12.6 Å². The number of carbonyl (C=O) groups excluding carboxylic acids is 1. The van der Waals surface area contributed by atoms with E-state index in [1.807, 2.05) is 0 Å². The van der Waals surface area contributed by atoms with Gasteiger partial charge in [-0.1, -0.05) is 309 Å². The molecular formula is C79H137NO13. The van der Waals surface area contributed by atoms with Crippen molar-refractivity contribution in [2.45, 2.75) is 364 Å². The van der Waals surface area contributed by atoms with Crippen molar-refractivity contribution >= 4 is 5.91 Å². The lowest BCUT2D eigenvalue weighted by Crippen LogP contribution is -2.65. The van der Waals surface area contributed by atoms with Crippen molar-refractivity contribution in [3.8, 4) is 0 Å². The second-order valence-corrected chi connectivity index (χ2v) is 26.0. The van der Waals surface area contributed by atoms with Crippen LogP contribution in [0.25, 0.3) is 0 Å². The molecule has 2 heterocycles. The molecule has 0 aromatic carbocycles. The summed E-state index contributed by atoms with van der Waals surface area (Å²) in [5, 5.41) is 87.7. The van der Waals surface area contributed by atoms with Crippen molar-refractivity contribution in [3.05, 3.63) is 109 Å². The first-order valence-electron chi connectivity index (χ1n) is 37.6. The minimum atomic E-state index is -1.79. The highest BCUT2D eigenvalue weighted by Crippen LogP contribution is 2.30. The third kappa shape index (κ3) is 45.7. The number of nitrogens with one attached hydrogen (secondary N) is 1. The molecule has 0 aromatic heterocycles. The topological polar surface area (TPSA) is 228 Å². The highest BCUT2D eigenvalue weighted by atomic mass is 16.7. The summed E-state index contributed by atoms with van der Waals surface area (Å²) in [4.78, 5) is 13.4. The Kier molecular flexibility index (Phi) is 57.3. The van der Waals surface area contributed by atoms with E-state index in [0.717, 1.165) is 116 Å². The molecule has 536 valence electrons. The van der Waals surface area contributed by atoms with Crippen molar-refractivity contribution in [2.24, 2.45) is 0 Å². The molecule has 93 heavy (non-hydrogen) atoms. The number of hydrogen-bond donors (Lipinski definition) is 9. The predicted molar refractivity (Wildman–Crippen MR) is 382 cm³/mol. The fourth-order valence-electron chi connectivity index (χ4n) is 11.8. The molecule has 0 aromatic rings. The molecule has 12 unspecified atom stereocenters. The number of aliphatic hydroxyl groups is 8. The van der Waals surface area contributed by atoms with E-state index in [-0.39, 0.29) is 18.9 Å². The number of ether oxygens (including phenoxy) is 4. The zero-order valence-corrected chi connectivity index (χ0v) is 58.5.